The van der Waals surface area contributed by atoms with Crippen molar-refractivity contribution < 1.29 is 19.4 Å². The maximum atomic E-state index is 12.4. The third-order valence-corrected chi connectivity index (χ3v) is 4.78. The first-order valence-electron chi connectivity index (χ1n) is 9.92. The largest absolute Gasteiger partial charge is 0.482 e. The first-order valence-corrected chi connectivity index (χ1v) is 9.92. The Hall–Kier alpha value is -3.60. The molecule has 2 N–H and O–H groups in total. The average Bonchev–Trinajstić information content (AvgIpc) is 2.77. The molecule has 0 bridgehead atoms. The number of amides is 1. The van der Waals surface area contributed by atoms with Crippen LogP contribution in [0.15, 0.2) is 84.9 Å². The fraction of sp³-hybridized carbons (Fsp3) is 0.200. The second-order valence-electron chi connectivity index (χ2n) is 7.02. The molecule has 30 heavy (non-hydrogen) atoms. The zero-order valence-electron chi connectivity index (χ0n) is 16.7. The first-order chi connectivity index (χ1) is 14.6. The summed E-state index contributed by atoms with van der Waals surface area (Å²) < 4.78 is 5.17. The van der Waals surface area contributed by atoms with Gasteiger partial charge in [-0.05, 0) is 35.2 Å². The molecule has 1 amide bonds. The number of ether oxygens (including phenoxy) is 1. The molecule has 0 spiro atoms. The smallest absolute Gasteiger partial charge is 0.341 e. The van der Waals surface area contributed by atoms with Gasteiger partial charge in [-0.2, -0.15) is 0 Å². The van der Waals surface area contributed by atoms with Crippen molar-refractivity contribution in [3.8, 4) is 5.75 Å². The second kappa shape index (κ2) is 10.8. The van der Waals surface area contributed by atoms with Gasteiger partial charge in [0.15, 0.2) is 6.61 Å². The third kappa shape index (κ3) is 6.48. The van der Waals surface area contributed by atoms with Crippen molar-refractivity contribution in [2.75, 3.05) is 13.2 Å². The number of aliphatic carboxylic acids is 1. The van der Waals surface area contributed by atoms with Crippen LogP contribution in [0.3, 0.4) is 0 Å². The number of hydrogen-bond donors (Lipinski definition) is 2. The third-order valence-electron chi connectivity index (χ3n) is 4.78. The number of hydrogen-bond acceptors (Lipinski definition) is 3. The van der Waals surface area contributed by atoms with Crippen LogP contribution in [0, 0.1) is 0 Å². The van der Waals surface area contributed by atoms with Crippen LogP contribution >= 0.6 is 0 Å². The van der Waals surface area contributed by atoms with Crippen molar-refractivity contribution in [2.24, 2.45) is 0 Å². The monoisotopic (exact) mass is 403 g/mol. The van der Waals surface area contributed by atoms with Crippen molar-refractivity contribution >= 4 is 11.9 Å². The minimum absolute atomic E-state index is 0.0785. The predicted molar refractivity (Wildman–Crippen MR) is 116 cm³/mol. The van der Waals surface area contributed by atoms with Gasteiger partial charge in [-0.1, -0.05) is 72.8 Å². The van der Waals surface area contributed by atoms with E-state index in [0.29, 0.717) is 12.3 Å². The van der Waals surface area contributed by atoms with E-state index >= 15 is 0 Å². The van der Waals surface area contributed by atoms with Gasteiger partial charge in [-0.15, -0.1) is 0 Å². The summed E-state index contributed by atoms with van der Waals surface area (Å²) in [7, 11) is 0. The van der Waals surface area contributed by atoms with Crippen molar-refractivity contribution in [3.05, 3.63) is 102 Å². The van der Waals surface area contributed by atoms with Crippen molar-refractivity contribution in [2.45, 2.75) is 18.8 Å². The first kappa shape index (κ1) is 21.1. The average molecular weight is 403 g/mol. The zero-order chi connectivity index (χ0) is 21.2. The van der Waals surface area contributed by atoms with E-state index in [4.69, 9.17) is 9.84 Å². The van der Waals surface area contributed by atoms with Crippen LogP contribution in [-0.4, -0.2) is 30.1 Å². The lowest BCUT2D eigenvalue weighted by molar-refractivity contribution is -0.139. The van der Waals surface area contributed by atoms with Crippen molar-refractivity contribution in [1.82, 2.24) is 5.32 Å². The highest BCUT2D eigenvalue weighted by Crippen LogP contribution is 2.27. The Bertz CT molecular complexity index is 918. The van der Waals surface area contributed by atoms with Crippen LogP contribution < -0.4 is 10.1 Å². The van der Waals surface area contributed by atoms with Gasteiger partial charge in [-0.3, -0.25) is 4.79 Å². The summed E-state index contributed by atoms with van der Waals surface area (Å²) in [5.41, 5.74) is 3.22. The van der Waals surface area contributed by atoms with Crippen LogP contribution in [0.4, 0.5) is 0 Å². The Morgan fingerprint density at radius 3 is 2.10 bits per heavy atom. The molecule has 0 aliphatic carbocycles. The summed E-state index contributed by atoms with van der Waals surface area (Å²) in [6.45, 7) is 0.151. The van der Waals surface area contributed by atoms with Crippen LogP contribution in [0.5, 0.6) is 5.75 Å². The number of carbonyl (C=O) groups excluding carboxylic acids is 1. The minimum Gasteiger partial charge on any atom is -0.482 e. The number of benzene rings is 3. The predicted octanol–water partition coefficient (Wildman–Crippen LogP) is 4.03. The number of carboxylic acid groups (broad SMARTS) is 1. The van der Waals surface area contributed by atoms with E-state index in [2.05, 4.69) is 29.6 Å². The van der Waals surface area contributed by atoms with Gasteiger partial charge in [0.1, 0.15) is 5.75 Å². The molecular formula is C25H25NO4. The van der Waals surface area contributed by atoms with E-state index in [9.17, 15) is 9.59 Å². The highest BCUT2D eigenvalue weighted by molar-refractivity contribution is 5.78. The van der Waals surface area contributed by atoms with E-state index in [0.717, 1.165) is 12.0 Å². The molecule has 0 radical (unpaired) electrons. The van der Waals surface area contributed by atoms with Crippen LogP contribution in [0.1, 0.15) is 29.0 Å². The van der Waals surface area contributed by atoms with Crippen molar-refractivity contribution in [3.63, 3.8) is 0 Å². The molecule has 0 aliphatic rings. The normalized spacial score (nSPS) is 10.6. The molecule has 5 heteroatoms. The minimum atomic E-state index is -1.04. The molecule has 0 unspecified atom stereocenters. The number of rotatable bonds is 10. The van der Waals surface area contributed by atoms with Gasteiger partial charge < -0.3 is 15.2 Å². The highest BCUT2D eigenvalue weighted by atomic mass is 16.5. The zero-order valence-corrected chi connectivity index (χ0v) is 16.7. The molecular weight excluding hydrogens is 378 g/mol. The maximum Gasteiger partial charge on any atom is 0.341 e. The summed E-state index contributed by atoms with van der Waals surface area (Å²) in [5.74, 6) is -0.467. The van der Waals surface area contributed by atoms with Gasteiger partial charge in [0, 0.05) is 12.5 Å². The maximum absolute atomic E-state index is 12.4. The van der Waals surface area contributed by atoms with E-state index in [-0.39, 0.29) is 18.2 Å². The summed E-state index contributed by atoms with van der Waals surface area (Å²) in [5, 5.41) is 11.7. The summed E-state index contributed by atoms with van der Waals surface area (Å²) >= 11 is 0. The molecule has 154 valence electrons. The molecule has 3 aromatic rings. The SMILES string of the molecule is O=C(O)COc1cccc(CC(=O)NCCC(c2ccccc2)c2ccccc2)c1. The van der Waals surface area contributed by atoms with Gasteiger partial charge in [-0.25, -0.2) is 4.79 Å². The van der Waals surface area contributed by atoms with Gasteiger partial charge in [0.2, 0.25) is 5.91 Å². The van der Waals surface area contributed by atoms with Gasteiger partial charge in [0.25, 0.3) is 0 Å². The highest BCUT2D eigenvalue weighted by Gasteiger charge is 2.14. The van der Waals surface area contributed by atoms with E-state index in [1.165, 1.54) is 11.1 Å². The molecule has 0 fully saturated rings. The second-order valence-corrected chi connectivity index (χ2v) is 7.02. The molecule has 5 nitrogen and oxygen atoms in total. The molecule has 0 saturated heterocycles. The number of carbonyl (C=O) groups is 2. The topological polar surface area (TPSA) is 75.6 Å². The van der Waals surface area contributed by atoms with Gasteiger partial charge in [0.05, 0.1) is 6.42 Å². The van der Waals surface area contributed by atoms with Crippen LogP contribution in [0.25, 0.3) is 0 Å². The van der Waals surface area contributed by atoms with E-state index < -0.39 is 12.6 Å². The Morgan fingerprint density at radius 1 is 0.867 bits per heavy atom. The lowest BCUT2D eigenvalue weighted by Gasteiger charge is -2.18. The molecule has 3 aromatic carbocycles. The van der Waals surface area contributed by atoms with Gasteiger partial charge >= 0.3 is 5.97 Å². The quantitative estimate of drug-likeness (QED) is 0.536. The summed E-state index contributed by atoms with van der Waals surface area (Å²) in [6.07, 6.45) is 1.01. The lowest BCUT2D eigenvalue weighted by atomic mass is 9.88. The molecule has 0 aliphatic heterocycles. The Balaban J connectivity index is 1.56. The molecule has 3 rings (SSSR count). The molecule has 0 heterocycles. The summed E-state index contributed by atoms with van der Waals surface area (Å²) in [6, 6.07) is 27.5. The fourth-order valence-electron chi connectivity index (χ4n) is 3.39. The van der Waals surface area contributed by atoms with E-state index in [1.807, 2.05) is 42.5 Å². The molecule has 0 atom stereocenters. The Kier molecular flexibility index (Phi) is 7.61. The molecule has 0 saturated carbocycles. The Morgan fingerprint density at radius 2 is 1.50 bits per heavy atom. The number of nitrogens with one attached hydrogen (secondary N) is 1. The van der Waals surface area contributed by atoms with Crippen LogP contribution in [-0.2, 0) is 16.0 Å². The lowest BCUT2D eigenvalue weighted by Crippen LogP contribution is -2.27. The molecule has 0 aromatic heterocycles. The summed E-state index contributed by atoms with van der Waals surface area (Å²) in [4.78, 5) is 23.0. The number of carboxylic acids is 1. The van der Waals surface area contributed by atoms with E-state index in [1.54, 1.807) is 18.2 Å². The van der Waals surface area contributed by atoms with Crippen molar-refractivity contribution in [1.29, 1.82) is 0 Å². The fourth-order valence-corrected chi connectivity index (χ4v) is 3.39. The standard InChI is InChI=1S/C25H25NO4/c27-24(17-19-8-7-13-22(16-19)30-18-25(28)29)26-15-14-23(20-9-3-1-4-10-20)21-11-5-2-6-12-21/h1-13,16,23H,14-15,17-18H2,(H,26,27)(H,28,29). The Labute approximate surface area is 176 Å². The van der Waals surface area contributed by atoms with Crippen LogP contribution in [0.2, 0.25) is 0 Å².